The molecule has 2 rings (SSSR count). The third-order valence-electron chi connectivity index (χ3n) is 4.08. The fraction of sp³-hybridized carbons (Fsp3) is 0.471. The molecule has 108 valence electrons. The van der Waals surface area contributed by atoms with Crippen molar-refractivity contribution < 1.29 is 9.21 Å². The Kier molecular flexibility index (Phi) is 4.17. The van der Waals surface area contributed by atoms with Crippen LogP contribution in [0.4, 0.5) is 0 Å². The first-order valence-corrected chi connectivity index (χ1v) is 7.15. The molecule has 0 spiro atoms. The van der Waals surface area contributed by atoms with E-state index in [-0.39, 0.29) is 11.9 Å². The molecule has 0 saturated carbocycles. The lowest BCUT2D eigenvalue weighted by molar-refractivity contribution is -0.121. The normalized spacial score (nSPS) is 12.9. The van der Waals surface area contributed by atoms with Crippen LogP contribution in [0.5, 0.6) is 0 Å². The van der Waals surface area contributed by atoms with E-state index in [1.165, 1.54) is 5.56 Å². The van der Waals surface area contributed by atoms with E-state index < -0.39 is 0 Å². The molecule has 0 unspecified atom stereocenters. The quantitative estimate of drug-likeness (QED) is 0.921. The monoisotopic (exact) mass is 273 g/mol. The molecule has 0 radical (unpaired) electrons. The van der Waals surface area contributed by atoms with Crippen LogP contribution in [0.15, 0.2) is 22.8 Å². The Labute approximate surface area is 120 Å². The molecule has 3 heteroatoms. The molecular weight excluding hydrogens is 250 g/mol. The summed E-state index contributed by atoms with van der Waals surface area (Å²) in [5.74, 6) is 0.483. The Balaban J connectivity index is 2.19. The van der Waals surface area contributed by atoms with Gasteiger partial charge in [0.25, 0.3) is 0 Å². The second-order valence-corrected chi connectivity index (χ2v) is 5.92. The number of amides is 1. The van der Waals surface area contributed by atoms with Crippen LogP contribution in [0.25, 0.3) is 11.0 Å². The summed E-state index contributed by atoms with van der Waals surface area (Å²) >= 11 is 0. The van der Waals surface area contributed by atoms with Crippen molar-refractivity contribution >= 4 is 16.9 Å². The van der Waals surface area contributed by atoms with E-state index >= 15 is 0 Å². The predicted octanol–water partition coefficient (Wildman–Crippen LogP) is 3.75. The molecular formula is C17H23NO2. The van der Waals surface area contributed by atoms with Gasteiger partial charge < -0.3 is 9.73 Å². The lowest BCUT2D eigenvalue weighted by Gasteiger charge is -2.17. The first-order valence-electron chi connectivity index (χ1n) is 7.15. The highest BCUT2D eigenvalue weighted by molar-refractivity contribution is 5.89. The average Bonchev–Trinajstić information content (AvgIpc) is 2.77. The minimum Gasteiger partial charge on any atom is -0.464 e. The van der Waals surface area contributed by atoms with E-state index in [0.29, 0.717) is 12.3 Å². The van der Waals surface area contributed by atoms with Crippen LogP contribution in [0.2, 0.25) is 0 Å². The Hall–Kier alpha value is -1.77. The highest BCUT2D eigenvalue weighted by Crippen LogP contribution is 2.26. The zero-order valence-electron chi connectivity index (χ0n) is 12.9. The summed E-state index contributed by atoms with van der Waals surface area (Å²) < 4.78 is 5.63. The zero-order chi connectivity index (χ0) is 14.9. The molecule has 0 aliphatic carbocycles. The molecule has 0 bridgehead atoms. The minimum absolute atomic E-state index is 0.0483. The van der Waals surface area contributed by atoms with Crippen LogP contribution < -0.4 is 5.32 Å². The van der Waals surface area contributed by atoms with Gasteiger partial charge in [0.1, 0.15) is 5.58 Å². The van der Waals surface area contributed by atoms with Crippen LogP contribution in [0, 0.1) is 19.8 Å². The molecule has 0 fully saturated rings. The zero-order valence-corrected chi connectivity index (χ0v) is 12.9. The number of hydrogen-bond donors (Lipinski definition) is 1. The van der Waals surface area contributed by atoms with Gasteiger partial charge in [-0.25, -0.2) is 0 Å². The number of furan rings is 1. The maximum Gasteiger partial charge on any atom is 0.224 e. The second-order valence-electron chi connectivity index (χ2n) is 5.92. The van der Waals surface area contributed by atoms with E-state index in [1.807, 2.05) is 19.9 Å². The molecule has 1 atom stereocenters. The van der Waals surface area contributed by atoms with Gasteiger partial charge in [0.2, 0.25) is 5.91 Å². The van der Waals surface area contributed by atoms with Crippen molar-refractivity contribution in [1.29, 1.82) is 0 Å². The van der Waals surface area contributed by atoms with Gasteiger partial charge in [-0.1, -0.05) is 26.0 Å². The van der Waals surface area contributed by atoms with E-state index in [2.05, 4.69) is 32.2 Å². The standard InChI is InChI=1S/C17H23NO2/c1-10(2)13(5)18-16(19)8-14-9-20-17-12(4)11(3)6-7-15(14)17/h6-7,9-10,13H,8H2,1-5H3,(H,18,19)/t13-/m0/s1. The Bertz CT molecular complexity index is 625. The summed E-state index contributed by atoms with van der Waals surface area (Å²) in [5, 5.41) is 4.07. The molecule has 1 amide bonds. The summed E-state index contributed by atoms with van der Waals surface area (Å²) in [6, 6.07) is 4.30. The fourth-order valence-corrected chi connectivity index (χ4v) is 2.17. The minimum atomic E-state index is 0.0483. The van der Waals surface area contributed by atoms with Crippen LogP contribution >= 0.6 is 0 Å². The maximum absolute atomic E-state index is 12.1. The van der Waals surface area contributed by atoms with Gasteiger partial charge in [-0.15, -0.1) is 0 Å². The Morgan fingerprint density at radius 3 is 2.60 bits per heavy atom. The predicted molar refractivity (Wildman–Crippen MR) is 81.8 cm³/mol. The van der Waals surface area contributed by atoms with Crippen molar-refractivity contribution in [3.8, 4) is 0 Å². The largest absolute Gasteiger partial charge is 0.464 e. The maximum atomic E-state index is 12.1. The third kappa shape index (κ3) is 2.87. The number of nitrogens with one attached hydrogen (secondary N) is 1. The first kappa shape index (κ1) is 14.6. The van der Waals surface area contributed by atoms with Crippen molar-refractivity contribution in [3.05, 3.63) is 35.1 Å². The number of rotatable bonds is 4. The molecule has 1 N–H and O–H groups in total. The number of aryl methyl sites for hydroxylation is 2. The van der Waals surface area contributed by atoms with Crippen molar-refractivity contribution in [2.24, 2.45) is 5.92 Å². The van der Waals surface area contributed by atoms with Crippen LogP contribution in [-0.4, -0.2) is 11.9 Å². The molecule has 3 nitrogen and oxygen atoms in total. The second kappa shape index (κ2) is 5.70. The fourth-order valence-electron chi connectivity index (χ4n) is 2.17. The van der Waals surface area contributed by atoms with Gasteiger partial charge in [0.05, 0.1) is 12.7 Å². The van der Waals surface area contributed by atoms with Crippen molar-refractivity contribution in [2.75, 3.05) is 0 Å². The third-order valence-corrected chi connectivity index (χ3v) is 4.08. The lowest BCUT2D eigenvalue weighted by Crippen LogP contribution is -2.36. The molecule has 1 aromatic heterocycles. The SMILES string of the molecule is Cc1ccc2c(CC(=O)N[C@@H](C)C(C)C)coc2c1C. The molecule has 2 aromatic rings. The molecule has 1 heterocycles. The Morgan fingerprint density at radius 2 is 1.95 bits per heavy atom. The molecule has 20 heavy (non-hydrogen) atoms. The van der Waals surface area contributed by atoms with Crippen LogP contribution in [-0.2, 0) is 11.2 Å². The van der Waals surface area contributed by atoms with E-state index in [0.717, 1.165) is 22.1 Å². The van der Waals surface area contributed by atoms with Crippen LogP contribution in [0.1, 0.15) is 37.5 Å². The summed E-state index contributed by atoms with van der Waals surface area (Å²) in [5.41, 5.74) is 4.20. The lowest BCUT2D eigenvalue weighted by atomic mass is 10.0. The van der Waals surface area contributed by atoms with Crippen LogP contribution in [0.3, 0.4) is 0 Å². The van der Waals surface area contributed by atoms with Crippen molar-refractivity contribution in [1.82, 2.24) is 5.32 Å². The van der Waals surface area contributed by atoms with Gasteiger partial charge in [0, 0.05) is 17.0 Å². The highest BCUT2D eigenvalue weighted by atomic mass is 16.3. The molecule has 0 aliphatic rings. The Morgan fingerprint density at radius 1 is 1.25 bits per heavy atom. The average molecular weight is 273 g/mol. The number of benzene rings is 1. The number of carbonyl (C=O) groups excluding carboxylic acids is 1. The summed E-state index contributed by atoms with van der Waals surface area (Å²) in [4.78, 5) is 12.1. The van der Waals surface area contributed by atoms with Gasteiger partial charge in [-0.2, -0.15) is 0 Å². The smallest absolute Gasteiger partial charge is 0.224 e. The summed E-state index contributed by atoms with van der Waals surface area (Å²) in [6.45, 7) is 10.3. The number of hydrogen-bond acceptors (Lipinski definition) is 2. The van der Waals surface area contributed by atoms with E-state index in [4.69, 9.17) is 4.42 Å². The van der Waals surface area contributed by atoms with E-state index in [1.54, 1.807) is 6.26 Å². The van der Waals surface area contributed by atoms with Gasteiger partial charge >= 0.3 is 0 Å². The summed E-state index contributed by atoms with van der Waals surface area (Å²) in [7, 11) is 0. The van der Waals surface area contributed by atoms with E-state index in [9.17, 15) is 4.79 Å². The highest BCUT2D eigenvalue weighted by Gasteiger charge is 2.15. The van der Waals surface area contributed by atoms with Crippen molar-refractivity contribution in [3.63, 3.8) is 0 Å². The number of fused-ring (bicyclic) bond motifs is 1. The van der Waals surface area contributed by atoms with Gasteiger partial charge in [-0.05, 0) is 37.8 Å². The van der Waals surface area contributed by atoms with Gasteiger partial charge in [0.15, 0.2) is 0 Å². The summed E-state index contributed by atoms with van der Waals surface area (Å²) in [6.07, 6.45) is 2.07. The number of carbonyl (C=O) groups is 1. The first-order chi connectivity index (χ1) is 9.40. The topological polar surface area (TPSA) is 42.2 Å². The molecule has 0 aliphatic heterocycles. The van der Waals surface area contributed by atoms with Crippen molar-refractivity contribution in [2.45, 2.75) is 47.1 Å². The van der Waals surface area contributed by atoms with Gasteiger partial charge in [-0.3, -0.25) is 4.79 Å². The molecule has 1 aromatic carbocycles. The molecule has 0 saturated heterocycles.